The molecule has 0 aromatic carbocycles. The minimum absolute atomic E-state index is 0.394. The monoisotopic (exact) mass is 172 g/mol. The Morgan fingerprint density at radius 3 is 2.60 bits per heavy atom. The van der Waals surface area contributed by atoms with Gasteiger partial charge in [0, 0.05) is 7.11 Å². The Morgan fingerprint density at radius 1 is 1.50 bits per heavy atom. The summed E-state index contributed by atoms with van der Waals surface area (Å²) in [4.78, 5) is 4.47. The molecule has 0 amide bonds. The van der Waals surface area contributed by atoms with Crippen LogP contribution in [0.3, 0.4) is 0 Å². The summed E-state index contributed by atoms with van der Waals surface area (Å²) in [5.74, 6) is 0. The van der Waals surface area contributed by atoms with Crippen molar-refractivity contribution in [3.63, 3.8) is 0 Å². The summed E-state index contributed by atoms with van der Waals surface area (Å²) in [6.45, 7) is 2.29. The molecule has 0 aliphatic carbocycles. The van der Waals surface area contributed by atoms with Crippen LogP contribution in [0.25, 0.3) is 0 Å². The van der Waals surface area contributed by atoms with Gasteiger partial charge >= 0.3 is 8.60 Å². The van der Waals surface area contributed by atoms with Crippen molar-refractivity contribution in [2.45, 2.75) is 13.3 Å². The lowest BCUT2D eigenvalue weighted by Crippen LogP contribution is -1.92. The molecule has 0 saturated carbocycles. The van der Waals surface area contributed by atoms with Crippen LogP contribution in [-0.2, 0) is 18.8 Å². The Hall–Kier alpha value is 0.200. The van der Waals surface area contributed by atoms with E-state index in [1.165, 1.54) is 7.11 Å². The summed E-state index contributed by atoms with van der Waals surface area (Å²) in [7, 11) is -0.692. The highest BCUT2D eigenvalue weighted by atomic mass is 31.2. The molecule has 0 bridgehead atoms. The smallest absolute Gasteiger partial charge is 0.312 e. The van der Waals surface area contributed by atoms with E-state index < -0.39 is 8.60 Å². The van der Waals surface area contributed by atoms with Gasteiger partial charge in [-0.25, -0.2) is 4.89 Å². The van der Waals surface area contributed by atoms with Crippen LogP contribution < -0.4 is 0 Å². The number of rotatable bonds is 6. The van der Waals surface area contributed by atoms with Gasteiger partial charge in [0.2, 0.25) is 0 Å². The Bertz CT molecular complexity index is 70.3. The van der Waals surface area contributed by atoms with Crippen molar-refractivity contribution in [1.29, 1.82) is 0 Å². The van der Waals surface area contributed by atoms with Crippen molar-refractivity contribution in [1.82, 2.24) is 0 Å². The highest BCUT2D eigenvalue weighted by Gasteiger charge is 2.11. The van der Waals surface area contributed by atoms with E-state index >= 15 is 0 Å². The molecule has 1 unspecified atom stereocenters. The maximum absolute atomic E-state index is 11.3. The van der Waals surface area contributed by atoms with E-state index in [2.05, 4.69) is 18.8 Å². The third-order valence-corrected chi connectivity index (χ3v) is 1.24. The molecule has 0 radical (unpaired) electrons. The Balaban J connectivity index is 3.09. The van der Waals surface area contributed by atoms with Gasteiger partial charge in [-0.1, -0.05) is 6.92 Å². The van der Waals surface area contributed by atoms with Crippen LogP contribution >= 0.6 is 8.60 Å². The molecule has 0 saturated heterocycles. The summed E-state index contributed by atoms with van der Waals surface area (Å²) in [5.41, 5.74) is 0. The Morgan fingerprint density at radius 2 is 2.20 bits per heavy atom. The molecule has 0 aliphatic heterocycles. The molecule has 6 heteroatoms. The van der Waals surface area contributed by atoms with Crippen LogP contribution in [-0.4, -0.2) is 13.7 Å². The number of hydrogen-bond donors (Lipinski definition) is 0. The molecule has 0 heterocycles. The normalized spacial score (nSPS) is 13.5. The van der Waals surface area contributed by atoms with Gasteiger partial charge in [0.1, 0.15) is 0 Å². The fourth-order valence-corrected chi connectivity index (χ4v) is 0.535. The third-order valence-electron chi connectivity index (χ3n) is 0.606. The minimum atomic E-state index is -1.96. The first kappa shape index (κ1) is 10.2. The van der Waals surface area contributed by atoms with Crippen molar-refractivity contribution in [2.75, 3.05) is 13.7 Å². The van der Waals surface area contributed by atoms with E-state index in [0.717, 1.165) is 6.42 Å². The van der Waals surface area contributed by atoms with Gasteiger partial charge < -0.3 is 4.52 Å². The molecule has 1 atom stereocenters. The first-order valence-corrected chi connectivity index (χ1v) is 3.87. The van der Waals surface area contributed by atoms with Gasteiger partial charge in [-0.3, -0.25) is 0 Å². The zero-order valence-electron chi connectivity index (χ0n) is 5.87. The number of halogens is 1. The van der Waals surface area contributed by atoms with Gasteiger partial charge in [-0.2, -0.15) is 4.67 Å². The molecule has 62 valence electrons. The van der Waals surface area contributed by atoms with Gasteiger partial charge in [0.15, 0.2) is 0 Å². The summed E-state index contributed by atoms with van der Waals surface area (Å²) in [5, 5.41) is 0. The predicted molar refractivity (Wildman–Crippen MR) is 33.4 cm³/mol. The molecule has 0 rings (SSSR count). The van der Waals surface area contributed by atoms with Crippen LogP contribution in [0.5, 0.6) is 0 Å². The van der Waals surface area contributed by atoms with Crippen LogP contribution in [0.15, 0.2) is 0 Å². The second-order valence-electron chi connectivity index (χ2n) is 1.37. The first-order chi connectivity index (χ1) is 4.85. The van der Waals surface area contributed by atoms with Gasteiger partial charge in [-0.05, 0) is 10.9 Å². The highest BCUT2D eigenvalue weighted by Crippen LogP contribution is 2.38. The first-order valence-electron chi connectivity index (χ1n) is 2.77. The summed E-state index contributed by atoms with van der Waals surface area (Å²) < 4.78 is 23.2. The SMILES string of the molecule is CCCOOP(OC)OF. The van der Waals surface area contributed by atoms with Crippen molar-refractivity contribution < 1.29 is 23.3 Å². The maximum Gasteiger partial charge on any atom is 0.397 e. The molecule has 10 heavy (non-hydrogen) atoms. The second kappa shape index (κ2) is 7.31. The molecule has 0 spiro atoms. The van der Waals surface area contributed by atoms with Crippen molar-refractivity contribution >= 4 is 8.60 Å². The quantitative estimate of drug-likeness (QED) is 0.266. The average Bonchev–Trinajstić information content (AvgIpc) is 1.99. The summed E-state index contributed by atoms with van der Waals surface area (Å²) in [6.07, 6.45) is 0.791. The van der Waals surface area contributed by atoms with E-state index in [1.54, 1.807) is 0 Å². The summed E-state index contributed by atoms with van der Waals surface area (Å²) >= 11 is 0. The van der Waals surface area contributed by atoms with E-state index in [1.807, 2.05) is 6.92 Å². The third kappa shape index (κ3) is 5.02. The van der Waals surface area contributed by atoms with E-state index in [9.17, 15) is 4.53 Å². The lowest BCUT2D eigenvalue weighted by molar-refractivity contribution is -0.228. The standard InChI is InChI=1S/C4H10FO4P/c1-3-4-7-9-10(6-2)8-5/h3-4H2,1-2H3. The molecule has 0 aromatic rings. The zero-order valence-corrected chi connectivity index (χ0v) is 6.77. The topological polar surface area (TPSA) is 36.9 Å². The second-order valence-corrected chi connectivity index (χ2v) is 2.47. The molecule has 0 aromatic heterocycles. The van der Waals surface area contributed by atoms with Gasteiger partial charge in [-0.15, -0.1) is 4.73 Å². The minimum Gasteiger partial charge on any atom is -0.312 e. The van der Waals surface area contributed by atoms with Crippen molar-refractivity contribution in [3.8, 4) is 0 Å². The van der Waals surface area contributed by atoms with Crippen molar-refractivity contribution in [3.05, 3.63) is 0 Å². The van der Waals surface area contributed by atoms with Crippen LogP contribution in [0.1, 0.15) is 13.3 Å². The van der Waals surface area contributed by atoms with Crippen LogP contribution in [0, 0.1) is 0 Å². The fraction of sp³-hybridized carbons (Fsp3) is 1.00. The largest absolute Gasteiger partial charge is 0.397 e. The lowest BCUT2D eigenvalue weighted by atomic mass is 10.5. The fourth-order valence-electron chi connectivity index (χ4n) is 0.234. The zero-order chi connectivity index (χ0) is 7.82. The van der Waals surface area contributed by atoms with Crippen molar-refractivity contribution in [2.24, 2.45) is 0 Å². The molecule has 0 N–H and O–H groups in total. The van der Waals surface area contributed by atoms with Crippen LogP contribution in [0.2, 0.25) is 0 Å². The van der Waals surface area contributed by atoms with Gasteiger partial charge in [0.25, 0.3) is 0 Å². The van der Waals surface area contributed by atoms with E-state index in [0.29, 0.717) is 6.61 Å². The van der Waals surface area contributed by atoms with E-state index in [4.69, 9.17) is 0 Å². The molecular formula is C4H10FO4P. The molecule has 0 aliphatic rings. The van der Waals surface area contributed by atoms with Crippen LogP contribution in [0.4, 0.5) is 4.53 Å². The maximum atomic E-state index is 11.3. The molecule has 0 fully saturated rings. The van der Waals surface area contributed by atoms with E-state index in [-0.39, 0.29) is 0 Å². The summed E-state index contributed by atoms with van der Waals surface area (Å²) in [6, 6.07) is 0. The lowest BCUT2D eigenvalue weighted by Gasteiger charge is -2.05. The number of hydrogen-bond acceptors (Lipinski definition) is 4. The predicted octanol–water partition coefficient (Wildman–Crippen LogP) is 2.12. The Labute approximate surface area is 60.0 Å². The van der Waals surface area contributed by atoms with Gasteiger partial charge in [0.05, 0.1) is 6.61 Å². The molecular weight excluding hydrogens is 162 g/mol. The highest BCUT2D eigenvalue weighted by molar-refractivity contribution is 7.41. The average molecular weight is 172 g/mol. The Kier molecular flexibility index (Phi) is 7.45. The molecule has 4 nitrogen and oxygen atoms in total.